The summed E-state index contributed by atoms with van der Waals surface area (Å²) in [5, 5.41) is 10.7. The van der Waals surface area contributed by atoms with Gasteiger partial charge in [0.25, 0.3) is 0 Å². The van der Waals surface area contributed by atoms with E-state index in [-0.39, 0.29) is 34.6 Å². The molecule has 3 rings (SSSR count). The van der Waals surface area contributed by atoms with Gasteiger partial charge in [-0.1, -0.05) is 0 Å². The number of fused-ring (bicyclic) bond motifs is 1. The predicted molar refractivity (Wildman–Crippen MR) is 105 cm³/mol. The molecule has 0 saturated heterocycles. The number of Topliss-reactive ketones (excluding diaryl/α,β-unsaturated/α-hetero) is 1. The van der Waals surface area contributed by atoms with E-state index in [1.807, 2.05) is 0 Å². The van der Waals surface area contributed by atoms with E-state index in [1.165, 1.54) is 42.7 Å². The first-order chi connectivity index (χ1) is 14.5. The average molecular weight is 420 g/mol. The number of ketones is 1. The summed E-state index contributed by atoms with van der Waals surface area (Å²) in [5.74, 6) is -0.512. The van der Waals surface area contributed by atoms with E-state index in [2.05, 4.69) is 0 Å². The average Bonchev–Trinajstić information content (AvgIpc) is 2.77. The third-order valence-electron chi connectivity index (χ3n) is 4.95. The van der Waals surface area contributed by atoms with Crippen LogP contribution in [-0.2, 0) is 28.5 Å². The number of carbonyl (C=O) groups is 1. The van der Waals surface area contributed by atoms with Crippen molar-refractivity contribution in [3.05, 3.63) is 52.6 Å². The standard InChI is InChI=1S/C21H24O9/c1-24-11-8-7-10(9-12(11)25-2)16-18(26-3)14(22)13-15(23)19(27-4)21(29-6)20(28-5)17(13)30-16/h7-9,13,17,23H,1-6H3/t13-,17+/m0/s1. The molecular weight excluding hydrogens is 396 g/mol. The molecule has 162 valence electrons. The maximum Gasteiger partial charge on any atom is 0.216 e. The van der Waals surface area contributed by atoms with Gasteiger partial charge in [0.1, 0.15) is 5.92 Å². The number of hydrogen-bond acceptors (Lipinski definition) is 9. The maximum atomic E-state index is 13.3. The van der Waals surface area contributed by atoms with Gasteiger partial charge in [-0.25, -0.2) is 0 Å². The second-order valence-electron chi connectivity index (χ2n) is 6.33. The van der Waals surface area contributed by atoms with Crippen molar-refractivity contribution in [3.8, 4) is 11.5 Å². The van der Waals surface area contributed by atoms with Crippen LogP contribution in [0.4, 0.5) is 0 Å². The number of ether oxygens (including phenoxy) is 7. The van der Waals surface area contributed by atoms with Crippen molar-refractivity contribution in [2.75, 3.05) is 42.7 Å². The largest absolute Gasteiger partial charge is 0.507 e. The van der Waals surface area contributed by atoms with Crippen molar-refractivity contribution >= 4 is 11.5 Å². The number of methoxy groups -OCH3 is 6. The zero-order valence-corrected chi connectivity index (χ0v) is 17.6. The second kappa shape index (κ2) is 8.48. The van der Waals surface area contributed by atoms with Crippen molar-refractivity contribution in [3.63, 3.8) is 0 Å². The van der Waals surface area contributed by atoms with Crippen LogP contribution in [0.1, 0.15) is 5.56 Å². The van der Waals surface area contributed by atoms with E-state index >= 15 is 0 Å². The summed E-state index contributed by atoms with van der Waals surface area (Å²) in [7, 11) is 8.55. The van der Waals surface area contributed by atoms with Gasteiger partial charge in [-0.05, 0) is 18.2 Å². The minimum Gasteiger partial charge on any atom is -0.507 e. The Balaban J connectivity index is 2.19. The van der Waals surface area contributed by atoms with Crippen LogP contribution in [0, 0.1) is 5.92 Å². The number of allylic oxidation sites excluding steroid dienone is 1. The number of carbonyl (C=O) groups excluding carboxylic acids is 1. The van der Waals surface area contributed by atoms with Crippen LogP contribution in [-0.4, -0.2) is 59.7 Å². The molecule has 0 bridgehead atoms. The smallest absolute Gasteiger partial charge is 0.216 e. The van der Waals surface area contributed by atoms with Crippen LogP contribution in [0.15, 0.2) is 47.0 Å². The molecule has 1 aromatic carbocycles. The van der Waals surface area contributed by atoms with Gasteiger partial charge < -0.3 is 38.3 Å². The monoisotopic (exact) mass is 420 g/mol. The number of hydrogen-bond donors (Lipinski definition) is 1. The Hall–Kier alpha value is -3.49. The molecular formula is C21H24O9. The van der Waals surface area contributed by atoms with Crippen molar-refractivity contribution in [1.29, 1.82) is 0 Å². The molecule has 1 heterocycles. The summed E-state index contributed by atoms with van der Waals surface area (Å²) < 4.78 is 38.2. The zero-order valence-electron chi connectivity index (χ0n) is 17.6. The molecule has 1 aliphatic carbocycles. The fourth-order valence-electron chi connectivity index (χ4n) is 3.58. The molecule has 1 N–H and O–H groups in total. The SMILES string of the molecule is COC1=C(c2ccc(OC)c(OC)c2)O[C@H]2C(OC)=C(OC)C(OC)=C(O)[C@@H]2C1=O. The summed E-state index contributed by atoms with van der Waals surface area (Å²) in [6, 6.07) is 5.05. The third kappa shape index (κ3) is 3.16. The Kier molecular flexibility index (Phi) is 6.00. The molecule has 0 amide bonds. The Bertz CT molecular complexity index is 942. The second-order valence-corrected chi connectivity index (χ2v) is 6.33. The molecule has 9 nitrogen and oxygen atoms in total. The fourth-order valence-corrected chi connectivity index (χ4v) is 3.58. The number of rotatable bonds is 7. The van der Waals surface area contributed by atoms with Crippen molar-refractivity contribution in [2.45, 2.75) is 6.10 Å². The Morgan fingerprint density at radius 1 is 0.800 bits per heavy atom. The van der Waals surface area contributed by atoms with E-state index in [0.29, 0.717) is 17.1 Å². The van der Waals surface area contributed by atoms with Gasteiger partial charge in [0, 0.05) is 5.56 Å². The number of aliphatic hydroxyl groups is 1. The van der Waals surface area contributed by atoms with Crippen molar-refractivity contribution in [1.82, 2.24) is 0 Å². The molecule has 2 aliphatic rings. The Morgan fingerprint density at radius 2 is 1.43 bits per heavy atom. The Labute approximate surface area is 174 Å². The molecule has 0 spiro atoms. The summed E-state index contributed by atoms with van der Waals surface area (Å²) in [5.41, 5.74) is 0.520. The summed E-state index contributed by atoms with van der Waals surface area (Å²) in [4.78, 5) is 13.3. The quantitative estimate of drug-likeness (QED) is 0.713. The minimum absolute atomic E-state index is 0.00225. The van der Waals surface area contributed by atoms with Gasteiger partial charge in [-0.2, -0.15) is 0 Å². The van der Waals surface area contributed by atoms with Crippen molar-refractivity contribution in [2.24, 2.45) is 5.92 Å². The highest BCUT2D eigenvalue weighted by molar-refractivity contribution is 6.04. The van der Waals surface area contributed by atoms with E-state index in [4.69, 9.17) is 33.2 Å². The molecule has 0 aromatic heterocycles. The first-order valence-electron chi connectivity index (χ1n) is 8.98. The molecule has 0 unspecified atom stereocenters. The first-order valence-corrected chi connectivity index (χ1v) is 8.98. The van der Waals surface area contributed by atoms with Gasteiger partial charge >= 0.3 is 0 Å². The molecule has 0 radical (unpaired) electrons. The number of aliphatic hydroxyl groups excluding tert-OH is 1. The van der Waals surface area contributed by atoms with Gasteiger partial charge in [0.15, 0.2) is 34.9 Å². The molecule has 9 heteroatoms. The van der Waals surface area contributed by atoms with Gasteiger partial charge in [0.2, 0.25) is 23.1 Å². The summed E-state index contributed by atoms with van der Waals surface area (Å²) >= 11 is 0. The van der Waals surface area contributed by atoms with Gasteiger partial charge in [-0.3, -0.25) is 4.79 Å². The lowest BCUT2D eigenvalue weighted by molar-refractivity contribution is -0.128. The topological polar surface area (TPSA) is 102 Å². The van der Waals surface area contributed by atoms with Crippen molar-refractivity contribution < 1.29 is 43.1 Å². The molecule has 0 saturated carbocycles. The van der Waals surface area contributed by atoms with Gasteiger partial charge in [-0.15, -0.1) is 0 Å². The zero-order chi connectivity index (χ0) is 22.0. The minimum atomic E-state index is -1.12. The van der Waals surface area contributed by atoms with E-state index < -0.39 is 17.8 Å². The van der Waals surface area contributed by atoms with Crippen LogP contribution in [0.5, 0.6) is 11.5 Å². The lowest BCUT2D eigenvalue weighted by atomic mass is 9.84. The summed E-state index contributed by atoms with van der Waals surface area (Å²) in [6.07, 6.45) is -0.988. The maximum absolute atomic E-state index is 13.3. The molecule has 1 aromatic rings. The first kappa shape index (κ1) is 21.2. The van der Waals surface area contributed by atoms with Crippen LogP contribution in [0.2, 0.25) is 0 Å². The third-order valence-corrected chi connectivity index (χ3v) is 4.95. The van der Waals surface area contributed by atoms with E-state index in [0.717, 1.165) is 0 Å². The fraction of sp³-hybridized carbons (Fsp3) is 0.381. The lowest BCUT2D eigenvalue weighted by Gasteiger charge is -2.37. The van der Waals surface area contributed by atoms with E-state index in [1.54, 1.807) is 18.2 Å². The molecule has 0 fully saturated rings. The van der Waals surface area contributed by atoms with Crippen LogP contribution >= 0.6 is 0 Å². The number of benzene rings is 1. The predicted octanol–water partition coefficient (Wildman–Crippen LogP) is 2.54. The molecule has 2 atom stereocenters. The van der Waals surface area contributed by atoms with Crippen LogP contribution < -0.4 is 9.47 Å². The molecule has 1 aliphatic heterocycles. The normalized spacial score (nSPS) is 21.1. The van der Waals surface area contributed by atoms with Gasteiger partial charge in [0.05, 0.1) is 42.7 Å². The molecule has 30 heavy (non-hydrogen) atoms. The highest BCUT2D eigenvalue weighted by Crippen LogP contribution is 2.45. The Morgan fingerprint density at radius 3 is 1.97 bits per heavy atom. The highest BCUT2D eigenvalue weighted by atomic mass is 16.6. The summed E-state index contributed by atoms with van der Waals surface area (Å²) in [6.45, 7) is 0. The van der Waals surface area contributed by atoms with Crippen LogP contribution in [0.25, 0.3) is 5.76 Å². The lowest BCUT2D eigenvalue weighted by Crippen LogP contribution is -2.43. The van der Waals surface area contributed by atoms with E-state index in [9.17, 15) is 9.90 Å². The van der Waals surface area contributed by atoms with Crippen LogP contribution in [0.3, 0.4) is 0 Å². The highest BCUT2D eigenvalue weighted by Gasteiger charge is 2.51.